The van der Waals surface area contributed by atoms with Crippen molar-refractivity contribution in [3.8, 4) is 0 Å². The van der Waals surface area contributed by atoms with Gasteiger partial charge in [0.25, 0.3) is 0 Å². The highest BCUT2D eigenvalue weighted by Gasteiger charge is 3.03. The molecule has 0 spiro atoms. The Bertz CT molecular complexity index is 1410. The lowest BCUT2D eigenvalue weighted by molar-refractivity contribution is -0.495. The van der Waals surface area contributed by atoms with Crippen LogP contribution in [0.15, 0.2) is 0 Å². The quantitative estimate of drug-likeness (QED) is 0.135. The number of halogens is 40. The van der Waals surface area contributed by atoms with E-state index in [4.69, 9.17) is 0 Å². The Labute approximate surface area is 290 Å². The van der Waals surface area contributed by atoms with Crippen LogP contribution in [-0.4, -0.2) is 113 Å². The van der Waals surface area contributed by atoms with Gasteiger partial charge in [0.05, 0.1) is 0 Å². The van der Waals surface area contributed by atoms with E-state index in [1.807, 2.05) is 0 Å². The lowest BCUT2D eigenvalue weighted by atomic mass is 9.82. The van der Waals surface area contributed by atoms with Gasteiger partial charge in [0, 0.05) is 0 Å². The van der Waals surface area contributed by atoms with Gasteiger partial charge in [-0.25, -0.2) is 0 Å². The fourth-order valence-corrected chi connectivity index (χ4v) is 3.31. The first-order chi connectivity index (χ1) is 24.5. The molecule has 0 aliphatic rings. The molecule has 0 aromatic carbocycles. The third-order valence-electron chi connectivity index (χ3n) is 7.02. The highest BCUT2D eigenvalue weighted by Crippen LogP contribution is 2.71. The molecule has 40 heteroatoms. The molecule has 0 atom stereocenters. The number of hydrogen-bond acceptors (Lipinski definition) is 0. The maximum atomic E-state index is 13.8. The standard InChI is InChI=1S/C19F40/c20-1(21,2(22,23)4(26,27)6(30,31)8(34,35)10(38,39)12(42,43)14(46,47)16(50,51)18(54,55)56)3(24,25)5(28,29)7(32,33)9(36,37)11(40,41)13(44,45)15(48,49)17(52,53)19(57,58)59. The van der Waals surface area contributed by atoms with Gasteiger partial charge in [0.15, 0.2) is 0 Å². The van der Waals surface area contributed by atoms with Crippen LogP contribution in [0.5, 0.6) is 0 Å². The van der Waals surface area contributed by atoms with Gasteiger partial charge in [-0.05, 0) is 0 Å². The summed E-state index contributed by atoms with van der Waals surface area (Å²) < 4.78 is 532. The van der Waals surface area contributed by atoms with Crippen LogP contribution in [0.2, 0.25) is 0 Å². The van der Waals surface area contributed by atoms with Gasteiger partial charge in [-0.1, -0.05) is 0 Å². The highest BCUT2D eigenvalue weighted by atomic mass is 19.5. The second-order valence-electron chi connectivity index (χ2n) is 10.8. The van der Waals surface area contributed by atoms with E-state index in [9.17, 15) is 176 Å². The van der Waals surface area contributed by atoms with E-state index in [2.05, 4.69) is 0 Å². The fourth-order valence-electron chi connectivity index (χ4n) is 3.31. The van der Waals surface area contributed by atoms with Crippen LogP contribution in [0.3, 0.4) is 0 Å². The summed E-state index contributed by atoms with van der Waals surface area (Å²) in [4.78, 5) is 0. The van der Waals surface area contributed by atoms with Crippen molar-refractivity contribution in [3.05, 3.63) is 0 Å². The molecular formula is C19F40. The molecular weight excluding hydrogens is 988 g/mol. The Hall–Kier alpha value is -2.80. The van der Waals surface area contributed by atoms with Gasteiger partial charge < -0.3 is 0 Å². The summed E-state index contributed by atoms with van der Waals surface area (Å²) in [6, 6.07) is 0. The second-order valence-corrected chi connectivity index (χ2v) is 10.8. The van der Waals surface area contributed by atoms with Crippen molar-refractivity contribution in [1.29, 1.82) is 0 Å². The molecule has 0 N–H and O–H groups in total. The molecule has 0 saturated heterocycles. The van der Waals surface area contributed by atoms with Crippen molar-refractivity contribution in [3.63, 3.8) is 0 Å². The van der Waals surface area contributed by atoms with Crippen molar-refractivity contribution in [2.75, 3.05) is 0 Å². The summed E-state index contributed by atoms with van der Waals surface area (Å²) in [7, 11) is 0. The molecule has 0 fully saturated rings. The molecule has 356 valence electrons. The van der Waals surface area contributed by atoms with Crippen LogP contribution in [0.1, 0.15) is 0 Å². The molecule has 0 amide bonds. The van der Waals surface area contributed by atoms with Gasteiger partial charge in [-0.2, -0.15) is 176 Å². The fraction of sp³-hybridized carbons (Fsp3) is 1.00. The first-order valence-corrected chi connectivity index (χ1v) is 12.1. The van der Waals surface area contributed by atoms with E-state index in [1.165, 1.54) is 0 Å². The van der Waals surface area contributed by atoms with Gasteiger partial charge in [-0.15, -0.1) is 0 Å². The lowest BCUT2D eigenvalue weighted by Crippen LogP contribution is -2.80. The zero-order chi connectivity index (χ0) is 49.5. The number of alkyl halides is 40. The van der Waals surface area contributed by atoms with Crippen molar-refractivity contribution < 1.29 is 176 Å². The van der Waals surface area contributed by atoms with E-state index >= 15 is 0 Å². The zero-order valence-corrected chi connectivity index (χ0v) is 24.6. The van der Waals surface area contributed by atoms with Crippen molar-refractivity contribution in [2.45, 2.75) is 113 Å². The number of hydrogen-bond donors (Lipinski definition) is 0. The zero-order valence-electron chi connectivity index (χ0n) is 24.6. The Kier molecular flexibility index (Phi) is 12.5. The van der Waals surface area contributed by atoms with Gasteiger partial charge in [0.2, 0.25) is 0 Å². The third-order valence-corrected chi connectivity index (χ3v) is 7.02. The van der Waals surface area contributed by atoms with E-state index in [-0.39, 0.29) is 0 Å². The summed E-state index contributed by atoms with van der Waals surface area (Å²) in [5.41, 5.74) is 0. The van der Waals surface area contributed by atoms with Gasteiger partial charge in [0.1, 0.15) is 0 Å². The predicted molar refractivity (Wildman–Crippen MR) is 96.2 cm³/mol. The maximum absolute atomic E-state index is 13.8. The molecule has 0 aliphatic carbocycles. The smallest absolute Gasteiger partial charge is 0.192 e. The summed E-state index contributed by atoms with van der Waals surface area (Å²) in [5.74, 6) is -171. The van der Waals surface area contributed by atoms with E-state index < -0.39 is 113 Å². The first-order valence-electron chi connectivity index (χ1n) is 12.1. The molecule has 0 radical (unpaired) electrons. The monoisotopic (exact) mass is 988 g/mol. The highest BCUT2D eigenvalue weighted by molar-refractivity contribution is 5.23. The molecule has 0 nitrogen and oxygen atoms in total. The molecule has 0 aromatic rings. The normalized spacial score (nSPS) is 17.5. The molecule has 59 heavy (non-hydrogen) atoms. The largest absolute Gasteiger partial charge is 0.460 e. The molecule has 0 bridgehead atoms. The predicted octanol–water partition coefficient (Wildman–Crippen LogP) is 12.9. The maximum Gasteiger partial charge on any atom is 0.460 e. The molecule has 0 aromatic heterocycles. The molecule has 0 heterocycles. The first kappa shape index (κ1) is 56.2. The van der Waals surface area contributed by atoms with Crippen LogP contribution in [0.4, 0.5) is 176 Å². The summed E-state index contributed by atoms with van der Waals surface area (Å²) in [5, 5.41) is 0. The Balaban J connectivity index is 7.92. The molecule has 0 rings (SSSR count). The summed E-state index contributed by atoms with van der Waals surface area (Å²) >= 11 is 0. The average molecular weight is 988 g/mol. The van der Waals surface area contributed by atoms with Crippen LogP contribution in [-0.2, 0) is 0 Å². The minimum atomic E-state index is -10.6. The van der Waals surface area contributed by atoms with Crippen molar-refractivity contribution in [1.82, 2.24) is 0 Å². The van der Waals surface area contributed by atoms with Crippen LogP contribution < -0.4 is 0 Å². The van der Waals surface area contributed by atoms with E-state index in [0.29, 0.717) is 0 Å². The Morgan fingerprint density at radius 3 is 0.186 bits per heavy atom. The second kappa shape index (κ2) is 13.1. The Morgan fingerprint density at radius 2 is 0.136 bits per heavy atom. The Morgan fingerprint density at radius 1 is 0.0847 bits per heavy atom. The van der Waals surface area contributed by atoms with Gasteiger partial charge in [-0.3, -0.25) is 0 Å². The van der Waals surface area contributed by atoms with Crippen molar-refractivity contribution >= 4 is 0 Å². The van der Waals surface area contributed by atoms with E-state index in [0.717, 1.165) is 0 Å². The molecule has 0 saturated carbocycles. The summed E-state index contributed by atoms with van der Waals surface area (Å²) in [6.45, 7) is 0. The van der Waals surface area contributed by atoms with Crippen LogP contribution in [0, 0.1) is 0 Å². The minimum Gasteiger partial charge on any atom is -0.192 e. The average Bonchev–Trinajstić information content (AvgIpc) is 2.98. The SMILES string of the molecule is FC(F)(F)C(F)(F)C(F)(F)C(F)(F)C(F)(F)C(F)(F)C(F)(F)C(F)(F)C(F)(F)C(F)(F)C(F)(F)C(F)(F)C(F)(F)C(F)(F)C(F)(F)C(F)(F)C(F)(F)C(F)(F)C(F)(F)F. The number of rotatable bonds is 16. The molecule has 0 unspecified atom stereocenters. The summed E-state index contributed by atoms with van der Waals surface area (Å²) in [6.07, 6.45) is -17.0. The van der Waals surface area contributed by atoms with Crippen molar-refractivity contribution in [2.24, 2.45) is 0 Å². The molecule has 0 aliphatic heterocycles. The van der Waals surface area contributed by atoms with Crippen LogP contribution in [0.25, 0.3) is 0 Å². The van der Waals surface area contributed by atoms with Crippen LogP contribution >= 0.6 is 0 Å². The minimum absolute atomic E-state index is 8.50. The topological polar surface area (TPSA) is 0 Å². The van der Waals surface area contributed by atoms with Gasteiger partial charge >= 0.3 is 113 Å². The van der Waals surface area contributed by atoms with E-state index in [1.54, 1.807) is 0 Å². The third kappa shape index (κ3) is 6.16. The lowest BCUT2D eigenvalue weighted by Gasteiger charge is -2.47.